The summed E-state index contributed by atoms with van der Waals surface area (Å²) in [6, 6.07) is 8.17. The van der Waals surface area contributed by atoms with Crippen molar-refractivity contribution >= 4 is 28.2 Å². The standard InChI is InChI=1S/C14H16ClN3/c15-12-6-5-10(7-12)8-16-14-13-4-2-1-3-11(13)9-17-18-14/h1-4,9-10,12H,5-8H2,(H,16,18). The zero-order valence-electron chi connectivity index (χ0n) is 10.1. The first-order valence-electron chi connectivity index (χ1n) is 6.41. The number of halogens is 1. The van der Waals surface area contributed by atoms with E-state index in [9.17, 15) is 0 Å². The first-order chi connectivity index (χ1) is 8.83. The van der Waals surface area contributed by atoms with Crippen LogP contribution < -0.4 is 5.32 Å². The molecule has 0 amide bonds. The molecule has 1 fully saturated rings. The average Bonchev–Trinajstić information content (AvgIpc) is 2.82. The molecule has 1 saturated carbocycles. The summed E-state index contributed by atoms with van der Waals surface area (Å²) < 4.78 is 0. The molecule has 4 heteroatoms. The number of hydrogen-bond acceptors (Lipinski definition) is 3. The molecule has 0 saturated heterocycles. The van der Waals surface area contributed by atoms with Crippen molar-refractivity contribution in [1.29, 1.82) is 0 Å². The number of fused-ring (bicyclic) bond motifs is 1. The minimum Gasteiger partial charge on any atom is -0.368 e. The molecule has 0 radical (unpaired) electrons. The Hall–Kier alpha value is -1.35. The molecule has 1 aliphatic rings. The highest BCUT2D eigenvalue weighted by Gasteiger charge is 2.22. The van der Waals surface area contributed by atoms with Gasteiger partial charge in [0.05, 0.1) is 6.20 Å². The van der Waals surface area contributed by atoms with Gasteiger partial charge in [0.2, 0.25) is 0 Å². The molecule has 18 heavy (non-hydrogen) atoms. The second kappa shape index (κ2) is 5.11. The van der Waals surface area contributed by atoms with Crippen LogP contribution in [-0.2, 0) is 0 Å². The molecule has 0 spiro atoms. The molecule has 2 aromatic rings. The Kier molecular flexibility index (Phi) is 3.33. The van der Waals surface area contributed by atoms with E-state index in [0.717, 1.165) is 36.0 Å². The van der Waals surface area contributed by atoms with E-state index in [4.69, 9.17) is 11.6 Å². The van der Waals surface area contributed by atoms with Crippen LogP contribution >= 0.6 is 11.6 Å². The lowest BCUT2D eigenvalue weighted by Crippen LogP contribution is -2.13. The second-order valence-electron chi connectivity index (χ2n) is 4.94. The monoisotopic (exact) mass is 261 g/mol. The smallest absolute Gasteiger partial charge is 0.156 e. The zero-order valence-corrected chi connectivity index (χ0v) is 10.9. The fourth-order valence-corrected chi connectivity index (χ4v) is 2.98. The number of anilines is 1. The summed E-state index contributed by atoms with van der Waals surface area (Å²) in [6.07, 6.45) is 5.24. The molecular formula is C14H16ClN3. The van der Waals surface area contributed by atoms with Crippen LogP contribution in [-0.4, -0.2) is 22.1 Å². The third-order valence-electron chi connectivity index (χ3n) is 3.61. The average molecular weight is 262 g/mol. The number of hydrogen-bond donors (Lipinski definition) is 1. The minimum atomic E-state index is 0.357. The largest absolute Gasteiger partial charge is 0.368 e. The Labute approximate surface area is 112 Å². The maximum Gasteiger partial charge on any atom is 0.156 e. The zero-order chi connectivity index (χ0) is 12.4. The van der Waals surface area contributed by atoms with Crippen LogP contribution in [0.15, 0.2) is 30.5 Å². The molecule has 3 nitrogen and oxygen atoms in total. The van der Waals surface area contributed by atoms with Gasteiger partial charge in [-0.3, -0.25) is 0 Å². The van der Waals surface area contributed by atoms with Crippen LogP contribution in [0.3, 0.4) is 0 Å². The number of nitrogens with zero attached hydrogens (tertiary/aromatic N) is 2. The summed E-state index contributed by atoms with van der Waals surface area (Å²) in [5, 5.41) is 14.3. The summed E-state index contributed by atoms with van der Waals surface area (Å²) in [5.41, 5.74) is 0. The highest BCUT2D eigenvalue weighted by Crippen LogP contribution is 2.30. The van der Waals surface area contributed by atoms with Crippen molar-refractivity contribution in [2.75, 3.05) is 11.9 Å². The molecule has 1 aliphatic carbocycles. The van der Waals surface area contributed by atoms with Crippen molar-refractivity contribution < 1.29 is 0 Å². The fraction of sp³-hybridized carbons (Fsp3) is 0.429. The molecule has 1 aromatic carbocycles. The van der Waals surface area contributed by atoms with E-state index in [1.807, 2.05) is 12.1 Å². The van der Waals surface area contributed by atoms with E-state index in [1.54, 1.807) is 6.20 Å². The highest BCUT2D eigenvalue weighted by molar-refractivity contribution is 6.20. The quantitative estimate of drug-likeness (QED) is 0.860. The van der Waals surface area contributed by atoms with Gasteiger partial charge in [-0.15, -0.1) is 16.7 Å². The van der Waals surface area contributed by atoms with Crippen LogP contribution in [0.2, 0.25) is 0 Å². The Morgan fingerprint density at radius 2 is 2.17 bits per heavy atom. The van der Waals surface area contributed by atoms with Crippen molar-refractivity contribution in [3.8, 4) is 0 Å². The fourth-order valence-electron chi connectivity index (χ4n) is 2.60. The molecule has 1 aromatic heterocycles. The molecule has 94 valence electrons. The normalized spacial score (nSPS) is 23.4. The molecule has 3 rings (SSSR count). The summed E-state index contributed by atoms with van der Waals surface area (Å²) in [5.74, 6) is 1.54. The number of benzene rings is 1. The Morgan fingerprint density at radius 1 is 1.28 bits per heavy atom. The molecule has 0 bridgehead atoms. The number of nitrogens with one attached hydrogen (secondary N) is 1. The highest BCUT2D eigenvalue weighted by atomic mass is 35.5. The Balaban J connectivity index is 1.74. The van der Waals surface area contributed by atoms with Gasteiger partial charge in [-0.25, -0.2) is 0 Å². The van der Waals surface area contributed by atoms with Crippen molar-refractivity contribution in [3.63, 3.8) is 0 Å². The Morgan fingerprint density at radius 3 is 3.00 bits per heavy atom. The lowest BCUT2D eigenvalue weighted by atomic mass is 10.1. The molecule has 2 atom stereocenters. The lowest BCUT2D eigenvalue weighted by molar-refractivity contribution is 0.579. The van der Waals surface area contributed by atoms with Crippen molar-refractivity contribution in [3.05, 3.63) is 30.5 Å². The minimum absolute atomic E-state index is 0.357. The van der Waals surface area contributed by atoms with Crippen LogP contribution in [0, 0.1) is 5.92 Å². The SMILES string of the molecule is ClC1CCC(CNc2nncc3ccccc23)C1. The third kappa shape index (κ3) is 2.41. The first kappa shape index (κ1) is 11.7. The summed E-state index contributed by atoms with van der Waals surface area (Å²) in [4.78, 5) is 0. The van der Waals surface area contributed by atoms with Gasteiger partial charge in [-0.1, -0.05) is 24.3 Å². The van der Waals surface area contributed by atoms with Gasteiger partial charge >= 0.3 is 0 Å². The third-order valence-corrected chi connectivity index (χ3v) is 4.00. The van der Waals surface area contributed by atoms with Gasteiger partial charge in [-0.05, 0) is 25.2 Å². The van der Waals surface area contributed by atoms with E-state index in [0.29, 0.717) is 11.3 Å². The molecule has 0 aliphatic heterocycles. The van der Waals surface area contributed by atoms with Crippen LogP contribution in [0.4, 0.5) is 5.82 Å². The van der Waals surface area contributed by atoms with Crippen molar-refractivity contribution in [1.82, 2.24) is 10.2 Å². The van der Waals surface area contributed by atoms with E-state index in [-0.39, 0.29) is 0 Å². The Bertz CT molecular complexity index is 538. The van der Waals surface area contributed by atoms with E-state index in [2.05, 4.69) is 27.6 Å². The first-order valence-corrected chi connectivity index (χ1v) is 6.85. The van der Waals surface area contributed by atoms with Crippen molar-refractivity contribution in [2.45, 2.75) is 24.6 Å². The summed E-state index contributed by atoms with van der Waals surface area (Å²) in [7, 11) is 0. The van der Waals surface area contributed by atoms with Crippen LogP contribution in [0.5, 0.6) is 0 Å². The van der Waals surface area contributed by atoms with Crippen LogP contribution in [0.25, 0.3) is 10.8 Å². The number of alkyl halides is 1. The lowest BCUT2D eigenvalue weighted by Gasteiger charge is -2.12. The number of aromatic nitrogens is 2. The van der Waals surface area contributed by atoms with Gasteiger partial charge in [-0.2, -0.15) is 5.10 Å². The molecule has 2 unspecified atom stereocenters. The van der Waals surface area contributed by atoms with E-state index >= 15 is 0 Å². The van der Waals surface area contributed by atoms with Crippen molar-refractivity contribution in [2.24, 2.45) is 5.92 Å². The number of rotatable bonds is 3. The van der Waals surface area contributed by atoms with E-state index in [1.165, 1.54) is 6.42 Å². The predicted molar refractivity (Wildman–Crippen MR) is 75.0 cm³/mol. The molecule has 1 heterocycles. The molecular weight excluding hydrogens is 246 g/mol. The van der Waals surface area contributed by atoms with Gasteiger partial charge < -0.3 is 5.32 Å². The predicted octanol–water partition coefficient (Wildman–Crippen LogP) is 3.45. The second-order valence-corrected chi connectivity index (χ2v) is 5.55. The van der Waals surface area contributed by atoms with E-state index < -0.39 is 0 Å². The van der Waals surface area contributed by atoms with Gasteiger partial charge in [0.1, 0.15) is 0 Å². The van der Waals surface area contributed by atoms with Gasteiger partial charge in [0, 0.05) is 22.7 Å². The maximum atomic E-state index is 6.13. The van der Waals surface area contributed by atoms with Crippen LogP contribution in [0.1, 0.15) is 19.3 Å². The van der Waals surface area contributed by atoms with Gasteiger partial charge in [0.15, 0.2) is 5.82 Å². The van der Waals surface area contributed by atoms with Gasteiger partial charge in [0.25, 0.3) is 0 Å². The summed E-state index contributed by atoms with van der Waals surface area (Å²) >= 11 is 6.13. The summed E-state index contributed by atoms with van der Waals surface area (Å²) in [6.45, 7) is 0.936. The maximum absolute atomic E-state index is 6.13. The molecule has 1 N–H and O–H groups in total. The topological polar surface area (TPSA) is 37.8 Å².